The minimum absolute atomic E-state index is 0.0737. The minimum atomic E-state index is -0.875. The molecular weight excluding hydrogens is 629 g/mol. The summed E-state index contributed by atoms with van der Waals surface area (Å²) in [5, 5.41) is 9.82. The molecule has 1 heterocycles. The quantitative estimate of drug-likeness (QED) is 0.167. The van der Waals surface area contributed by atoms with Crippen LogP contribution in [0.3, 0.4) is 0 Å². The van der Waals surface area contributed by atoms with Crippen LogP contribution >= 0.6 is 15.9 Å². The van der Waals surface area contributed by atoms with Gasteiger partial charge in [-0.3, -0.25) is 28.9 Å². The molecule has 2 amide bonds. The standard InChI is InChI=1S/C35H23BrFNO6/c36-25-16-28(40)31-24(33(25)42)15-23-21(29(31)19-8-13-27(39)26(37)14-19)11-12-22-30(23)35(44)38(34(22)43)20-9-6-18(7-10-20)32(41)17-4-2-1-3-5-17/h1-11,13-14,16,22-23,29-30,39H,12,15H2/t22-,23+,29-,30-/m0/s1. The molecule has 0 radical (unpaired) electrons. The van der Waals surface area contributed by atoms with Crippen molar-refractivity contribution in [3.8, 4) is 5.75 Å². The Bertz CT molecular complexity index is 1910. The lowest BCUT2D eigenvalue weighted by molar-refractivity contribution is -0.123. The maximum Gasteiger partial charge on any atom is 0.238 e. The highest BCUT2D eigenvalue weighted by molar-refractivity contribution is 9.12. The van der Waals surface area contributed by atoms with Crippen molar-refractivity contribution in [2.45, 2.75) is 18.8 Å². The van der Waals surface area contributed by atoms with E-state index >= 15 is 0 Å². The largest absolute Gasteiger partial charge is 0.505 e. The number of phenolic OH excluding ortho intramolecular Hbond substituents is 1. The first-order valence-corrected chi connectivity index (χ1v) is 14.9. The van der Waals surface area contributed by atoms with Gasteiger partial charge in [0.2, 0.25) is 11.8 Å². The molecule has 1 fully saturated rings. The fourth-order valence-electron chi connectivity index (χ4n) is 7.06. The third kappa shape index (κ3) is 4.25. The van der Waals surface area contributed by atoms with E-state index in [1.165, 1.54) is 18.2 Å². The number of aromatic hydroxyl groups is 1. The zero-order valence-electron chi connectivity index (χ0n) is 23.0. The predicted molar refractivity (Wildman–Crippen MR) is 161 cm³/mol. The number of amides is 2. The molecule has 44 heavy (non-hydrogen) atoms. The summed E-state index contributed by atoms with van der Waals surface area (Å²) in [4.78, 5) is 68.5. The van der Waals surface area contributed by atoms with Gasteiger partial charge in [0, 0.05) is 34.3 Å². The highest BCUT2D eigenvalue weighted by Crippen LogP contribution is 2.55. The molecular formula is C35H23BrFNO6. The van der Waals surface area contributed by atoms with Crippen LogP contribution in [0.4, 0.5) is 10.1 Å². The number of imide groups is 1. The number of halogens is 2. The number of rotatable bonds is 4. The summed E-state index contributed by atoms with van der Waals surface area (Å²) in [6.45, 7) is 0. The van der Waals surface area contributed by atoms with Crippen molar-refractivity contribution < 1.29 is 33.5 Å². The number of Topliss-reactive ketones (excluding diaryl/α,β-unsaturated/α-hetero) is 1. The van der Waals surface area contributed by atoms with Gasteiger partial charge in [-0.15, -0.1) is 0 Å². The van der Waals surface area contributed by atoms with Crippen LogP contribution in [0, 0.1) is 23.6 Å². The molecule has 7 rings (SSSR count). The SMILES string of the molecule is O=C1C=C(Br)C(=O)C2=C1[C@@H](c1ccc(O)c(F)c1)C1=CC[C@@H]3C(=O)N(c4ccc(C(=O)c5ccccc5)cc4)C(=O)[C@@H]3[C@@H]1C2. The topological polar surface area (TPSA) is 109 Å². The number of carbonyl (C=O) groups excluding carboxylic acids is 5. The second kappa shape index (κ2) is 10.4. The Morgan fingerprint density at radius 2 is 1.59 bits per heavy atom. The average Bonchev–Trinajstić information content (AvgIpc) is 3.29. The highest BCUT2D eigenvalue weighted by atomic mass is 79.9. The minimum Gasteiger partial charge on any atom is -0.505 e. The summed E-state index contributed by atoms with van der Waals surface area (Å²) in [6.07, 6.45) is 3.34. The normalized spacial score (nSPS) is 24.5. The molecule has 4 atom stereocenters. The van der Waals surface area contributed by atoms with E-state index in [-0.39, 0.29) is 40.2 Å². The molecule has 7 nitrogen and oxygen atoms in total. The number of phenols is 1. The van der Waals surface area contributed by atoms with Crippen molar-refractivity contribution in [1.29, 1.82) is 0 Å². The van der Waals surface area contributed by atoms with Crippen LogP contribution in [0.15, 0.2) is 106 Å². The summed E-state index contributed by atoms with van der Waals surface area (Å²) in [5.74, 6) is -6.12. The molecule has 3 aromatic carbocycles. The number of hydrogen-bond donors (Lipinski definition) is 1. The first-order chi connectivity index (χ1) is 21.2. The van der Waals surface area contributed by atoms with Gasteiger partial charge in [-0.1, -0.05) is 48.0 Å². The number of fused-ring (bicyclic) bond motifs is 3. The zero-order chi connectivity index (χ0) is 30.9. The molecule has 4 aliphatic rings. The number of hydrogen-bond acceptors (Lipinski definition) is 6. The van der Waals surface area contributed by atoms with Crippen molar-refractivity contribution in [1.82, 2.24) is 0 Å². The lowest BCUT2D eigenvalue weighted by Gasteiger charge is -2.42. The number of carbonyl (C=O) groups is 5. The maximum absolute atomic E-state index is 14.6. The molecule has 9 heteroatoms. The average molecular weight is 652 g/mol. The summed E-state index contributed by atoms with van der Waals surface area (Å²) in [6, 6.07) is 18.9. The number of anilines is 1. The van der Waals surface area contributed by atoms with Crippen molar-refractivity contribution in [2.75, 3.05) is 4.90 Å². The Kier molecular flexibility index (Phi) is 6.66. The van der Waals surface area contributed by atoms with E-state index in [1.54, 1.807) is 48.5 Å². The van der Waals surface area contributed by atoms with E-state index in [0.29, 0.717) is 28.0 Å². The molecule has 0 saturated carbocycles. The van der Waals surface area contributed by atoms with Crippen LogP contribution in [0.5, 0.6) is 5.75 Å². The van der Waals surface area contributed by atoms with Crippen molar-refractivity contribution >= 4 is 50.8 Å². The van der Waals surface area contributed by atoms with Gasteiger partial charge in [-0.2, -0.15) is 0 Å². The summed E-state index contributed by atoms with van der Waals surface area (Å²) < 4.78 is 14.7. The number of allylic oxidation sites excluding steroid dienone is 6. The van der Waals surface area contributed by atoms with Gasteiger partial charge in [0.05, 0.1) is 22.0 Å². The molecule has 1 aliphatic heterocycles. The maximum atomic E-state index is 14.6. The predicted octanol–water partition coefficient (Wildman–Crippen LogP) is 5.73. The van der Waals surface area contributed by atoms with Gasteiger partial charge < -0.3 is 5.11 Å². The van der Waals surface area contributed by atoms with Crippen LogP contribution in [-0.4, -0.2) is 34.3 Å². The van der Waals surface area contributed by atoms with E-state index in [4.69, 9.17) is 0 Å². The van der Waals surface area contributed by atoms with Gasteiger partial charge in [-0.25, -0.2) is 4.39 Å². The summed E-state index contributed by atoms with van der Waals surface area (Å²) in [7, 11) is 0. The smallest absolute Gasteiger partial charge is 0.238 e. The highest BCUT2D eigenvalue weighted by Gasteiger charge is 2.56. The van der Waals surface area contributed by atoms with E-state index in [9.17, 15) is 33.5 Å². The van der Waals surface area contributed by atoms with Crippen molar-refractivity contribution in [2.24, 2.45) is 17.8 Å². The Morgan fingerprint density at radius 3 is 2.30 bits per heavy atom. The molecule has 3 aromatic rings. The number of nitrogens with zero attached hydrogens (tertiary/aromatic N) is 1. The van der Waals surface area contributed by atoms with Crippen molar-refractivity contribution in [3.05, 3.63) is 129 Å². The molecule has 0 bridgehead atoms. The van der Waals surface area contributed by atoms with E-state index in [0.717, 1.165) is 11.0 Å². The first-order valence-electron chi connectivity index (χ1n) is 14.1. The molecule has 1 saturated heterocycles. The molecule has 3 aliphatic carbocycles. The molecule has 0 aromatic heterocycles. The molecule has 0 spiro atoms. The van der Waals surface area contributed by atoms with Crippen LogP contribution in [0.2, 0.25) is 0 Å². The fraction of sp³-hybridized carbons (Fsp3) is 0.171. The van der Waals surface area contributed by atoms with E-state index < -0.39 is 52.7 Å². The van der Waals surface area contributed by atoms with E-state index in [2.05, 4.69) is 15.9 Å². The first kappa shape index (κ1) is 28.0. The molecule has 1 N–H and O–H groups in total. The van der Waals surface area contributed by atoms with Crippen LogP contribution in [0.1, 0.15) is 40.2 Å². The van der Waals surface area contributed by atoms with Gasteiger partial charge in [0.25, 0.3) is 0 Å². The molecule has 0 unspecified atom stereocenters. The third-order valence-electron chi connectivity index (χ3n) is 9.06. The lowest BCUT2D eigenvalue weighted by atomic mass is 9.59. The van der Waals surface area contributed by atoms with Crippen LogP contribution < -0.4 is 4.90 Å². The summed E-state index contributed by atoms with van der Waals surface area (Å²) in [5.41, 5.74) is 2.75. The number of ketones is 3. The van der Waals surface area contributed by atoms with Gasteiger partial charge >= 0.3 is 0 Å². The Labute approximate surface area is 259 Å². The van der Waals surface area contributed by atoms with Crippen LogP contribution in [-0.2, 0) is 19.2 Å². The Hall–Kier alpha value is -4.76. The molecule has 218 valence electrons. The summed E-state index contributed by atoms with van der Waals surface area (Å²) >= 11 is 3.19. The fourth-order valence-corrected chi connectivity index (χ4v) is 7.51. The second-order valence-corrected chi connectivity index (χ2v) is 12.2. The lowest BCUT2D eigenvalue weighted by Crippen LogP contribution is -2.39. The number of benzene rings is 3. The van der Waals surface area contributed by atoms with Crippen molar-refractivity contribution in [3.63, 3.8) is 0 Å². The second-order valence-electron chi connectivity index (χ2n) is 11.4. The zero-order valence-corrected chi connectivity index (χ0v) is 24.6. The Morgan fingerprint density at radius 1 is 0.886 bits per heavy atom. The third-order valence-corrected chi connectivity index (χ3v) is 9.65. The van der Waals surface area contributed by atoms with Gasteiger partial charge in [0.15, 0.2) is 28.9 Å². The Balaban J connectivity index is 1.26. The van der Waals surface area contributed by atoms with Gasteiger partial charge in [0.1, 0.15) is 0 Å². The van der Waals surface area contributed by atoms with Gasteiger partial charge in [-0.05, 0) is 76.7 Å². The monoisotopic (exact) mass is 651 g/mol. The van der Waals surface area contributed by atoms with E-state index in [1.807, 2.05) is 12.1 Å². The van der Waals surface area contributed by atoms with Crippen LogP contribution in [0.25, 0.3) is 0 Å².